The Bertz CT molecular complexity index is 195. The van der Waals surface area contributed by atoms with E-state index in [1.54, 1.807) is 0 Å². The average molecular weight is 259 g/mol. The van der Waals surface area contributed by atoms with E-state index in [1.807, 2.05) is 0 Å². The Hall–Kier alpha value is -0.160. The van der Waals surface area contributed by atoms with Crippen molar-refractivity contribution in [1.82, 2.24) is 5.32 Å². The first kappa shape index (κ1) is 15.9. The molecule has 0 saturated heterocycles. The zero-order valence-electron chi connectivity index (χ0n) is 11.9. The highest BCUT2D eigenvalue weighted by Gasteiger charge is 2.24. The van der Waals surface area contributed by atoms with Crippen LogP contribution in [0.2, 0.25) is 0 Å². The summed E-state index contributed by atoms with van der Waals surface area (Å²) >= 11 is 0. The van der Waals surface area contributed by atoms with Crippen LogP contribution in [0.1, 0.15) is 39.5 Å². The van der Waals surface area contributed by atoms with Crippen LogP contribution in [0.4, 0.5) is 0 Å². The highest BCUT2D eigenvalue weighted by Crippen LogP contribution is 2.25. The minimum absolute atomic E-state index is 0.395. The molecule has 1 aliphatic rings. The molecule has 0 aromatic carbocycles. The van der Waals surface area contributed by atoms with E-state index in [4.69, 9.17) is 9.47 Å². The molecule has 1 unspecified atom stereocenters. The Balaban J connectivity index is 1.80. The molecule has 1 atom stereocenters. The first-order valence-electron chi connectivity index (χ1n) is 7.29. The van der Waals surface area contributed by atoms with Gasteiger partial charge in [-0.2, -0.15) is 0 Å². The Kier molecular flexibility index (Phi) is 8.59. The van der Waals surface area contributed by atoms with Crippen molar-refractivity contribution in [2.75, 3.05) is 33.0 Å². The summed E-state index contributed by atoms with van der Waals surface area (Å²) in [6.45, 7) is 7.44. The summed E-state index contributed by atoms with van der Waals surface area (Å²) in [5, 5.41) is 13.1. The van der Waals surface area contributed by atoms with Crippen LogP contribution in [0.15, 0.2) is 0 Å². The molecule has 1 rings (SSSR count). The van der Waals surface area contributed by atoms with Gasteiger partial charge in [0, 0.05) is 19.2 Å². The molecule has 0 heterocycles. The van der Waals surface area contributed by atoms with E-state index in [9.17, 15) is 5.11 Å². The van der Waals surface area contributed by atoms with Crippen LogP contribution in [-0.4, -0.2) is 50.2 Å². The highest BCUT2D eigenvalue weighted by molar-refractivity contribution is 4.82. The second kappa shape index (κ2) is 9.73. The fourth-order valence-corrected chi connectivity index (χ4v) is 2.12. The molecule has 0 radical (unpaired) electrons. The molecule has 0 aromatic heterocycles. The monoisotopic (exact) mass is 259 g/mol. The summed E-state index contributed by atoms with van der Waals surface area (Å²) in [6, 6.07) is 0.604. The third-order valence-electron chi connectivity index (χ3n) is 3.34. The van der Waals surface area contributed by atoms with E-state index in [-0.39, 0.29) is 0 Å². The largest absolute Gasteiger partial charge is 0.389 e. The predicted octanol–water partition coefficient (Wildman–Crippen LogP) is 1.57. The van der Waals surface area contributed by atoms with Crippen molar-refractivity contribution in [3.05, 3.63) is 0 Å². The first-order valence-corrected chi connectivity index (χ1v) is 7.29. The maximum atomic E-state index is 9.70. The highest BCUT2D eigenvalue weighted by atomic mass is 16.5. The number of ether oxygens (including phenoxy) is 2. The van der Waals surface area contributed by atoms with Crippen molar-refractivity contribution in [2.24, 2.45) is 5.92 Å². The molecule has 1 aliphatic carbocycles. The van der Waals surface area contributed by atoms with Crippen molar-refractivity contribution >= 4 is 0 Å². The van der Waals surface area contributed by atoms with E-state index in [0.717, 1.165) is 25.4 Å². The van der Waals surface area contributed by atoms with Crippen molar-refractivity contribution in [2.45, 2.75) is 51.7 Å². The number of hydrogen-bond acceptors (Lipinski definition) is 4. The summed E-state index contributed by atoms with van der Waals surface area (Å²) < 4.78 is 10.7. The first-order chi connectivity index (χ1) is 8.72. The summed E-state index contributed by atoms with van der Waals surface area (Å²) in [5.74, 6) is 0.844. The van der Waals surface area contributed by atoms with Crippen LogP contribution in [0, 0.1) is 5.92 Å². The Labute approximate surface area is 111 Å². The van der Waals surface area contributed by atoms with Crippen LogP contribution in [0.5, 0.6) is 0 Å². The fraction of sp³-hybridized carbons (Fsp3) is 1.00. The van der Waals surface area contributed by atoms with Gasteiger partial charge < -0.3 is 19.9 Å². The van der Waals surface area contributed by atoms with Gasteiger partial charge in [0.1, 0.15) is 0 Å². The van der Waals surface area contributed by atoms with Gasteiger partial charge in [-0.05, 0) is 25.2 Å². The van der Waals surface area contributed by atoms with Gasteiger partial charge in [-0.1, -0.05) is 20.3 Å². The Morgan fingerprint density at radius 1 is 1.22 bits per heavy atom. The zero-order valence-corrected chi connectivity index (χ0v) is 11.9. The van der Waals surface area contributed by atoms with Gasteiger partial charge in [0.25, 0.3) is 0 Å². The molecule has 4 nitrogen and oxygen atoms in total. The summed E-state index contributed by atoms with van der Waals surface area (Å²) in [4.78, 5) is 0. The molecule has 1 fully saturated rings. The average Bonchev–Trinajstić information content (AvgIpc) is 2.32. The number of nitrogens with one attached hydrogen (secondary N) is 1. The van der Waals surface area contributed by atoms with Gasteiger partial charge in [-0.15, -0.1) is 0 Å². The van der Waals surface area contributed by atoms with E-state index in [1.165, 1.54) is 12.8 Å². The second-order valence-corrected chi connectivity index (χ2v) is 5.38. The van der Waals surface area contributed by atoms with Crippen LogP contribution >= 0.6 is 0 Å². The number of unbranched alkanes of at least 4 members (excludes halogenated alkanes) is 1. The van der Waals surface area contributed by atoms with Gasteiger partial charge in [0.15, 0.2) is 0 Å². The van der Waals surface area contributed by atoms with Crippen molar-refractivity contribution < 1.29 is 14.6 Å². The van der Waals surface area contributed by atoms with Crippen LogP contribution in [0.3, 0.4) is 0 Å². The van der Waals surface area contributed by atoms with E-state index in [0.29, 0.717) is 32.4 Å². The predicted molar refractivity (Wildman–Crippen MR) is 72.7 cm³/mol. The Morgan fingerprint density at radius 3 is 2.61 bits per heavy atom. The summed E-state index contributed by atoms with van der Waals surface area (Å²) in [7, 11) is 0. The molecule has 0 aromatic rings. The van der Waals surface area contributed by atoms with Crippen LogP contribution < -0.4 is 5.32 Å². The van der Waals surface area contributed by atoms with Gasteiger partial charge >= 0.3 is 0 Å². The molecule has 18 heavy (non-hydrogen) atoms. The lowest BCUT2D eigenvalue weighted by Crippen LogP contribution is -2.44. The molecule has 4 heteroatoms. The third-order valence-corrected chi connectivity index (χ3v) is 3.34. The number of aliphatic hydroxyl groups excluding tert-OH is 1. The van der Waals surface area contributed by atoms with E-state index in [2.05, 4.69) is 19.2 Å². The molecule has 0 spiro atoms. The molecule has 108 valence electrons. The molecule has 0 aliphatic heterocycles. The van der Waals surface area contributed by atoms with Gasteiger partial charge in [-0.3, -0.25) is 0 Å². The maximum Gasteiger partial charge on any atom is 0.0897 e. The van der Waals surface area contributed by atoms with Gasteiger partial charge in [-0.25, -0.2) is 0 Å². The maximum absolute atomic E-state index is 9.70. The number of hydrogen-bond donors (Lipinski definition) is 2. The lowest BCUT2D eigenvalue weighted by atomic mass is 9.82. The molecule has 1 saturated carbocycles. The smallest absolute Gasteiger partial charge is 0.0897 e. The van der Waals surface area contributed by atoms with E-state index >= 15 is 0 Å². The molecular weight excluding hydrogens is 230 g/mol. The van der Waals surface area contributed by atoms with E-state index < -0.39 is 6.10 Å². The van der Waals surface area contributed by atoms with Crippen molar-refractivity contribution in [3.8, 4) is 0 Å². The minimum Gasteiger partial charge on any atom is -0.389 e. The molecule has 0 amide bonds. The van der Waals surface area contributed by atoms with Crippen LogP contribution in [-0.2, 0) is 9.47 Å². The SMILES string of the molecule is CCCCOCCOCC(O)CNC1CC(C)C1. The summed E-state index contributed by atoms with van der Waals surface area (Å²) in [5.41, 5.74) is 0. The topological polar surface area (TPSA) is 50.7 Å². The zero-order chi connectivity index (χ0) is 13.2. The Morgan fingerprint density at radius 2 is 1.94 bits per heavy atom. The molecule has 0 bridgehead atoms. The van der Waals surface area contributed by atoms with Crippen molar-refractivity contribution in [1.29, 1.82) is 0 Å². The van der Waals surface area contributed by atoms with Gasteiger partial charge in [0.05, 0.1) is 25.9 Å². The summed E-state index contributed by atoms with van der Waals surface area (Å²) in [6.07, 6.45) is 4.33. The standard InChI is InChI=1S/C14H29NO3/c1-3-4-5-17-6-7-18-11-14(16)10-15-13-8-12(2)9-13/h12-16H,3-11H2,1-2H3. The molecular formula is C14H29NO3. The third kappa shape index (κ3) is 7.31. The number of rotatable bonds is 11. The second-order valence-electron chi connectivity index (χ2n) is 5.38. The fourth-order valence-electron chi connectivity index (χ4n) is 2.12. The van der Waals surface area contributed by atoms with Crippen molar-refractivity contribution in [3.63, 3.8) is 0 Å². The normalized spacial score (nSPS) is 24.8. The lowest BCUT2D eigenvalue weighted by Gasteiger charge is -2.34. The molecule has 2 N–H and O–H groups in total. The van der Waals surface area contributed by atoms with Gasteiger partial charge in [0.2, 0.25) is 0 Å². The quantitative estimate of drug-likeness (QED) is 0.553. The lowest BCUT2D eigenvalue weighted by molar-refractivity contribution is 0.00186. The van der Waals surface area contributed by atoms with Crippen LogP contribution in [0.25, 0.3) is 0 Å². The number of aliphatic hydroxyl groups is 1. The minimum atomic E-state index is -0.406.